The van der Waals surface area contributed by atoms with Crippen molar-refractivity contribution >= 4 is 41.7 Å². The number of aromatic nitrogens is 16. The summed E-state index contributed by atoms with van der Waals surface area (Å²) in [5.41, 5.74) is 9.56. The number of nitrogen functional groups attached to an aromatic ring is 1. The number of nitrogens with one attached hydrogen (secondary N) is 2. The first-order valence-electron chi connectivity index (χ1n) is 29.1. The van der Waals surface area contributed by atoms with E-state index in [0.717, 1.165) is 32.4 Å². The van der Waals surface area contributed by atoms with E-state index in [1.807, 2.05) is 87.2 Å². The number of nitrogens with two attached hydrogens (primary N) is 1. The molecule has 90 heavy (non-hydrogen) atoms. The fourth-order valence-electron chi connectivity index (χ4n) is 10.0. The minimum Gasteiger partial charge on any atom is -0.444 e. The molecule has 12 rings (SSSR count). The predicted molar refractivity (Wildman–Crippen MR) is 331 cm³/mol. The fourth-order valence-corrected chi connectivity index (χ4v) is 10.0. The highest BCUT2D eigenvalue weighted by Gasteiger charge is 2.52. The molecule has 3 fully saturated rings. The molecule has 0 radical (unpaired) electrons. The number of benzene rings is 2. The van der Waals surface area contributed by atoms with Gasteiger partial charge in [-0.05, 0) is 126 Å². The number of aryl methyl sites for hydroxylation is 3. The van der Waals surface area contributed by atoms with Crippen LogP contribution in [-0.4, -0.2) is 173 Å². The molecule has 3 aliphatic rings. The molecule has 0 bridgehead atoms. The summed E-state index contributed by atoms with van der Waals surface area (Å²) in [7, 11) is 5.20. The van der Waals surface area contributed by atoms with Crippen LogP contribution in [0.1, 0.15) is 69.2 Å². The molecule has 10 heterocycles. The lowest BCUT2D eigenvalue weighted by Gasteiger charge is -2.36. The van der Waals surface area contributed by atoms with Gasteiger partial charge >= 0.3 is 13.2 Å². The van der Waals surface area contributed by atoms with Gasteiger partial charge in [-0.3, -0.25) is 14.0 Å². The Morgan fingerprint density at radius 3 is 1.54 bits per heavy atom. The highest BCUT2D eigenvalue weighted by molar-refractivity contribution is 6.62. The molecule has 474 valence electrons. The molecule has 1 amide bonds. The second-order valence-electron chi connectivity index (χ2n) is 25.0. The molecular weight excluding hydrogens is 1170 g/mol. The van der Waals surface area contributed by atoms with Crippen molar-refractivity contribution < 1.29 is 36.4 Å². The van der Waals surface area contributed by atoms with E-state index in [4.69, 9.17) is 19.8 Å². The number of piperazine rings is 2. The van der Waals surface area contributed by atoms with Crippen LogP contribution in [0.15, 0.2) is 86.0 Å². The molecule has 3 saturated heterocycles. The number of anilines is 4. The molecule has 0 spiro atoms. The van der Waals surface area contributed by atoms with Crippen LogP contribution in [-0.2, 0) is 35.2 Å². The number of halogens is 4. The van der Waals surface area contributed by atoms with Crippen LogP contribution in [0.5, 0.6) is 0 Å². The first-order chi connectivity index (χ1) is 42.5. The SMILES string of the molecule is Cn1cc(-c2cnc(N)c(-c3nnnn3-c3ccc(N4CCNCC4)c(F)c3F)c2)cn1.Cn1cc(-c2cnc(NC(C)(C)C)c(-c3nnnn3-c3ccc(N4CCN(C(=O)OC(C)(C)C)CC4)c(F)c3F)c2)cn1.Cn1cc(B2OC(C)(C)C(C)(C)O2)cn1. The van der Waals surface area contributed by atoms with Crippen molar-refractivity contribution in [3.8, 4) is 56.4 Å². The molecule has 3 aliphatic heterocycles. The van der Waals surface area contributed by atoms with Crippen LogP contribution < -0.4 is 31.6 Å². The van der Waals surface area contributed by atoms with Crippen molar-refractivity contribution in [3.05, 3.63) is 109 Å². The maximum Gasteiger partial charge on any atom is 0.498 e. The first kappa shape index (κ1) is 63.7. The lowest BCUT2D eigenvalue weighted by molar-refractivity contribution is 0.00578. The number of amides is 1. The number of tetrazole rings is 2. The maximum absolute atomic E-state index is 15.7. The zero-order chi connectivity index (χ0) is 64.6. The van der Waals surface area contributed by atoms with E-state index in [0.29, 0.717) is 69.3 Å². The summed E-state index contributed by atoms with van der Waals surface area (Å²) in [6.07, 6.45) is 13.6. The third kappa shape index (κ3) is 13.9. The third-order valence-electron chi connectivity index (χ3n) is 15.3. The number of carbonyl (C=O) groups excluding carboxylic acids is 1. The number of nitrogens with zero attached hydrogens (tertiary/aromatic N) is 19. The largest absolute Gasteiger partial charge is 0.498 e. The Kier molecular flexibility index (Phi) is 17.9. The second-order valence-corrected chi connectivity index (χ2v) is 25.0. The van der Waals surface area contributed by atoms with E-state index in [-0.39, 0.29) is 64.1 Å². The van der Waals surface area contributed by atoms with Crippen molar-refractivity contribution in [2.24, 2.45) is 21.1 Å². The molecule has 31 heteroatoms. The minimum absolute atomic E-state index is 0.0926. The predicted octanol–water partition coefficient (Wildman–Crippen LogP) is 6.78. The van der Waals surface area contributed by atoms with Crippen molar-refractivity contribution in [3.63, 3.8) is 0 Å². The van der Waals surface area contributed by atoms with Gasteiger partial charge < -0.3 is 45.1 Å². The van der Waals surface area contributed by atoms with Gasteiger partial charge in [0.05, 0.1) is 46.1 Å². The molecule has 9 aromatic rings. The summed E-state index contributed by atoms with van der Waals surface area (Å²) in [5.74, 6) is -3.13. The standard InChI is InChI=1S/C29H36F2N10O2.C20H20F2N10.C10H17BN2O2/c1-28(2,3)34-25-20(14-18(15-32-25)19-16-33-38(7)17-19)26-35-36-37-41(26)22-9-8-21(23(30)24(22)31)39-10-12-40(13-11-39)27(42)43-29(4,5)6;1-30-11-13(10-26-30)12-8-14(19(23)25-9-12)20-27-28-29-32(20)16-3-2-15(17(21)18(16)22)31-6-4-24-5-7-31;1-9(2)10(3,4)15-11(14-9)8-6-12-13(5)7-8/h8-9,14-17H,10-13H2,1-7H3,(H,32,34);2-3,8-11,24H,4-7H2,1H3,(H2,23,25);6-7H,1-5H3. The zero-order valence-corrected chi connectivity index (χ0v) is 52.5. The average Bonchev–Trinajstić information content (AvgIpc) is 1.46. The maximum atomic E-state index is 15.7. The Bertz CT molecular complexity index is 4010. The minimum atomic E-state index is -1.10. The van der Waals surface area contributed by atoms with Gasteiger partial charge in [0.2, 0.25) is 0 Å². The Hall–Kier alpha value is -9.36. The van der Waals surface area contributed by atoms with E-state index in [1.54, 1.807) is 93.6 Å². The monoisotopic (exact) mass is 1240 g/mol. The Morgan fingerprint density at radius 1 is 0.611 bits per heavy atom. The Labute approximate surface area is 517 Å². The van der Waals surface area contributed by atoms with Gasteiger partial charge in [-0.15, -0.1) is 10.2 Å². The van der Waals surface area contributed by atoms with Gasteiger partial charge in [0.25, 0.3) is 0 Å². The summed E-state index contributed by atoms with van der Waals surface area (Å²) in [6.45, 7) is 23.4. The average molecular weight is 1240 g/mol. The van der Waals surface area contributed by atoms with Crippen LogP contribution in [0.4, 0.5) is 45.4 Å². The Morgan fingerprint density at radius 2 is 1.07 bits per heavy atom. The van der Waals surface area contributed by atoms with E-state index < -0.39 is 35.0 Å². The van der Waals surface area contributed by atoms with E-state index >= 15 is 13.2 Å². The molecule has 0 atom stereocenters. The second kappa shape index (κ2) is 25.3. The number of carbonyl (C=O) groups is 1. The normalized spacial score (nSPS) is 15.7. The number of rotatable bonds is 10. The summed E-state index contributed by atoms with van der Waals surface area (Å²) in [4.78, 5) is 26.3. The van der Waals surface area contributed by atoms with Gasteiger partial charge in [0.1, 0.15) is 28.6 Å². The topological polar surface area (TPSA) is 271 Å². The molecule has 0 saturated carbocycles. The van der Waals surface area contributed by atoms with Gasteiger partial charge in [-0.2, -0.15) is 24.7 Å². The number of hydrogen-bond donors (Lipinski definition) is 3. The highest BCUT2D eigenvalue weighted by atomic mass is 19.2. The van der Waals surface area contributed by atoms with Gasteiger partial charge in [0, 0.05) is 144 Å². The summed E-state index contributed by atoms with van der Waals surface area (Å²) < 4.78 is 86.0. The number of hydrogen-bond acceptors (Lipinski definition) is 20. The highest BCUT2D eigenvalue weighted by Crippen LogP contribution is 2.38. The van der Waals surface area contributed by atoms with Gasteiger partial charge in [0.15, 0.2) is 34.9 Å². The summed E-state index contributed by atoms with van der Waals surface area (Å²) in [5, 5.41) is 42.6. The van der Waals surface area contributed by atoms with E-state index in [9.17, 15) is 9.18 Å². The van der Waals surface area contributed by atoms with Gasteiger partial charge in [-0.1, -0.05) is 0 Å². The van der Waals surface area contributed by atoms with Crippen LogP contribution in [0, 0.1) is 23.3 Å². The molecule has 26 nitrogen and oxygen atoms in total. The third-order valence-corrected chi connectivity index (χ3v) is 15.3. The molecule has 0 unspecified atom stereocenters. The first-order valence-corrected chi connectivity index (χ1v) is 29.1. The zero-order valence-electron chi connectivity index (χ0n) is 52.5. The molecule has 0 aliphatic carbocycles. The lowest BCUT2D eigenvalue weighted by atomic mass is 9.82. The quantitative estimate of drug-likeness (QED) is 0.0940. The number of ether oxygens (including phenoxy) is 1. The van der Waals surface area contributed by atoms with Crippen LogP contribution in [0.25, 0.3) is 56.4 Å². The van der Waals surface area contributed by atoms with Crippen molar-refractivity contribution in [1.29, 1.82) is 0 Å². The van der Waals surface area contributed by atoms with Crippen LogP contribution in [0.2, 0.25) is 0 Å². The molecule has 4 N–H and O–H groups in total. The van der Waals surface area contributed by atoms with Crippen LogP contribution >= 0.6 is 0 Å². The van der Waals surface area contributed by atoms with Crippen molar-refractivity contribution in [2.75, 3.05) is 73.2 Å². The Balaban J connectivity index is 0.000000165. The molecule has 7 aromatic heterocycles. The van der Waals surface area contributed by atoms with E-state index in [1.165, 1.54) is 28.9 Å². The van der Waals surface area contributed by atoms with Crippen molar-refractivity contribution in [2.45, 2.75) is 91.6 Å². The lowest BCUT2D eigenvalue weighted by Crippen LogP contribution is -2.50. The fraction of sp³-hybridized carbons (Fsp3) is 0.424. The molecule has 2 aromatic carbocycles. The molecular formula is C59H73BF4N22O4. The van der Waals surface area contributed by atoms with E-state index in [2.05, 4.69) is 66.9 Å². The summed E-state index contributed by atoms with van der Waals surface area (Å²) in [6, 6.07) is 9.53. The van der Waals surface area contributed by atoms with Gasteiger partial charge in [-0.25, -0.2) is 32.3 Å². The van der Waals surface area contributed by atoms with Crippen molar-refractivity contribution in [1.82, 2.24) is 89.9 Å². The smallest absolute Gasteiger partial charge is 0.444 e. The summed E-state index contributed by atoms with van der Waals surface area (Å²) >= 11 is 0. The number of pyridine rings is 2. The van der Waals surface area contributed by atoms with Crippen LogP contribution in [0.3, 0.4) is 0 Å².